The molecule has 2 aromatic rings. The molecule has 6 heteroatoms. The third-order valence-corrected chi connectivity index (χ3v) is 8.80. The van der Waals surface area contributed by atoms with Crippen LogP contribution < -0.4 is 0 Å². The van der Waals surface area contributed by atoms with Gasteiger partial charge in [-0.1, -0.05) is 12.1 Å². The number of piperazine rings is 1. The molecule has 1 aliphatic heterocycles. The zero-order valence-electron chi connectivity index (χ0n) is 18.0. The van der Waals surface area contributed by atoms with Gasteiger partial charge in [0.1, 0.15) is 0 Å². The van der Waals surface area contributed by atoms with Crippen LogP contribution in [0.25, 0.3) is 0 Å². The molecular weight excluding hydrogens is 452 g/mol. The fourth-order valence-corrected chi connectivity index (χ4v) is 7.71. The van der Waals surface area contributed by atoms with Gasteiger partial charge in [0.15, 0.2) is 0 Å². The maximum absolute atomic E-state index is 13.1. The minimum atomic E-state index is 0.179. The van der Waals surface area contributed by atoms with Crippen LogP contribution in [0.1, 0.15) is 54.4 Å². The summed E-state index contributed by atoms with van der Waals surface area (Å²) in [5, 5.41) is 4.31. The van der Waals surface area contributed by atoms with Crippen molar-refractivity contribution in [3.8, 4) is 0 Å². The second kappa shape index (κ2) is 7.73. The van der Waals surface area contributed by atoms with Crippen LogP contribution in [-0.4, -0.2) is 57.2 Å². The van der Waals surface area contributed by atoms with Gasteiger partial charge in [-0.15, -0.1) is 0 Å². The summed E-state index contributed by atoms with van der Waals surface area (Å²) in [6.07, 6.45) is 12.5. The van der Waals surface area contributed by atoms with Crippen LogP contribution in [0.15, 0.2) is 41.1 Å². The predicted molar refractivity (Wildman–Crippen MR) is 124 cm³/mol. The number of carbonyl (C=O) groups is 1. The first-order valence-electron chi connectivity index (χ1n) is 11.9. The minimum Gasteiger partial charge on any atom is -0.336 e. The van der Waals surface area contributed by atoms with Crippen LogP contribution in [0.3, 0.4) is 0 Å². The second-order valence-electron chi connectivity index (χ2n) is 10.5. The van der Waals surface area contributed by atoms with E-state index >= 15 is 0 Å². The molecule has 1 saturated heterocycles. The lowest BCUT2D eigenvalue weighted by molar-refractivity contribution is -0.0987. The van der Waals surface area contributed by atoms with Crippen molar-refractivity contribution in [3.63, 3.8) is 0 Å². The summed E-state index contributed by atoms with van der Waals surface area (Å²) in [6.45, 7) is 4.53. The highest BCUT2D eigenvalue weighted by atomic mass is 79.9. The van der Waals surface area contributed by atoms with Crippen molar-refractivity contribution in [2.45, 2.75) is 50.6 Å². The van der Waals surface area contributed by atoms with Crippen molar-refractivity contribution in [1.29, 1.82) is 0 Å². The molecule has 4 aliphatic carbocycles. The Balaban J connectivity index is 1.08. The third-order valence-electron chi connectivity index (χ3n) is 8.39. The largest absolute Gasteiger partial charge is 0.336 e. The predicted octanol–water partition coefficient (Wildman–Crippen LogP) is 4.42. The smallest absolute Gasteiger partial charge is 0.253 e. The molecule has 1 amide bonds. The number of amides is 1. The van der Waals surface area contributed by atoms with Crippen LogP contribution in [0, 0.1) is 17.8 Å². The first-order chi connectivity index (χ1) is 15.1. The number of benzene rings is 1. The summed E-state index contributed by atoms with van der Waals surface area (Å²) in [6, 6.07) is 8.05. The SMILES string of the molecule is O=C(c1ccc(Cn2cc(Br)cn2)cc1)N1CCN(C23CC4CC(CC(C4)C2)C3)CC1. The summed E-state index contributed by atoms with van der Waals surface area (Å²) < 4.78 is 2.87. The molecule has 7 rings (SSSR count). The first-order valence-corrected chi connectivity index (χ1v) is 12.7. The zero-order chi connectivity index (χ0) is 21.0. The molecule has 4 saturated carbocycles. The van der Waals surface area contributed by atoms with Gasteiger partial charge in [-0.05, 0) is 89.9 Å². The van der Waals surface area contributed by atoms with Gasteiger partial charge in [0.2, 0.25) is 0 Å². The summed E-state index contributed by atoms with van der Waals surface area (Å²) in [7, 11) is 0. The quantitative estimate of drug-likeness (QED) is 0.647. The second-order valence-corrected chi connectivity index (χ2v) is 11.4. The minimum absolute atomic E-state index is 0.179. The van der Waals surface area contributed by atoms with Gasteiger partial charge in [-0.25, -0.2) is 0 Å². The lowest BCUT2D eigenvalue weighted by Crippen LogP contribution is -2.64. The Hall–Kier alpha value is -1.66. The number of hydrogen-bond donors (Lipinski definition) is 0. The molecule has 31 heavy (non-hydrogen) atoms. The Morgan fingerprint density at radius 1 is 0.968 bits per heavy atom. The van der Waals surface area contributed by atoms with Crippen molar-refractivity contribution in [1.82, 2.24) is 19.6 Å². The first kappa shape index (κ1) is 20.0. The van der Waals surface area contributed by atoms with E-state index in [1.165, 1.54) is 38.5 Å². The van der Waals surface area contributed by atoms with Gasteiger partial charge in [0.25, 0.3) is 5.91 Å². The molecular formula is C25H31BrN4O. The summed E-state index contributed by atoms with van der Waals surface area (Å²) >= 11 is 3.43. The van der Waals surface area contributed by atoms with Crippen molar-refractivity contribution in [2.75, 3.05) is 26.2 Å². The van der Waals surface area contributed by atoms with E-state index in [1.54, 1.807) is 6.20 Å². The zero-order valence-corrected chi connectivity index (χ0v) is 19.6. The summed E-state index contributed by atoms with van der Waals surface area (Å²) in [4.78, 5) is 18.0. The maximum Gasteiger partial charge on any atom is 0.253 e. The fourth-order valence-electron chi connectivity index (χ4n) is 7.38. The van der Waals surface area contributed by atoms with Crippen molar-refractivity contribution < 1.29 is 4.79 Å². The number of nitrogens with zero attached hydrogens (tertiary/aromatic N) is 4. The molecule has 0 spiro atoms. The van der Waals surface area contributed by atoms with Crippen LogP contribution in [0.2, 0.25) is 0 Å². The van der Waals surface area contributed by atoms with Crippen LogP contribution in [-0.2, 0) is 6.54 Å². The molecule has 0 atom stereocenters. The van der Waals surface area contributed by atoms with Gasteiger partial charge >= 0.3 is 0 Å². The lowest BCUT2D eigenvalue weighted by atomic mass is 9.52. The van der Waals surface area contributed by atoms with E-state index in [4.69, 9.17) is 0 Å². The molecule has 2 heterocycles. The van der Waals surface area contributed by atoms with Gasteiger partial charge in [0.05, 0.1) is 17.2 Å². The number of halogens is 1. The number of carbonyl (C=O) groups excluding carboxylic acids is 1. The van der Waals surface area contributed by atoms with E-state index in [-0.39, 0.29) is 5.91 Å². The number of rotatable bonds is 4. The Kier molecular flexibility index (Phi) is 4.98. The molecule has 1 aromatic carbocycles. The van der Waals surface area contributed by atoms with E-state index in [0.29, 0.717) is 12.1 Å². The van der Waals surface area contributed by atoms with E-state index < -0.39 is 0 Å². The molecule has 0 N–H and O–H groups in total. The van der Waals surface area contributed by atoms with Crippen LogP contribution >= 0.6 is 15.9 Å². The third kappa shape index (κ3) is 3.76. The average Bonchev–Trinajstić information content (AvgIpc) is 3.17. The van der Waals surface area contributed by atoms with Gasteiger partial charge < -0.3 is 4.90 Å². The highest BCUT2D eigenvalue weighted by Crippen LogP contribution is 2.57. The van der Waals surface area contributed by atoms with Crippen molar-refractivity contribution in [3.05, 3.63) is 52.3 Å². The summed E-state index contributed by atoms with van der Waals surface area (Å²) in [5.41, 5.74) is 2.42. The average molecular weight is 483 g/mol. The Bertz CT molecular complexity index is 925. The van der Waals surface area contributed by atoms with E-state index in [9.17, 15) is 4.79 Å². The van der Waals surface area contributed by atoms with Crippen molar-refractivity contribution >= 4 is 21.8 Å². The van der Waals surface area contributed by atoms with Gasteiger partial charge in [-0.2, -0.15) is 5.10 Å². The Labute approximate surface area is 192 Å². The Morgan fingerprint density at radius 3 is 2.13 bits per heavy atom. The standard InChI is InChI=1S/C25H31BrN4O/c26-23-15-27-30(17-23)16-18-1-3-22(4-2-18)24(31)28-5-7-29(8-6-28)25-12-19-9-20(13-25)11-21(10-19)14-25/h1-4,15,17,19-21H,5-14,16H2. The molecule has 4 bridgehead atoms. The monoisotopic (exact) mass is 482 g/mol. The molecule has 5 aliphatic rings. The van der Waals surface area contributed by atoms with E-state index in [1.807, 2.05) is 23.0 Å². The van der Waals surface area contributed by atoms with Crippen molar-refractivity contribution in [2.24, 2.45) is 17.8 Å². The highest BCUT2D eigenvalue weighted by Gasteiger charge is 2.53. The molecule has 5 nitrogen and oxygen atoms in total. The molecule has 0 unspecified atom stereocenters. The topological polar surface area (TPSA) is 41.4 Å². The van der Waals surface area contributed by atoms with E-state index in [0.717, 1.165) is 59.5 Å². The van der Waals surface area contributed by atoms with Crippen LogP contribution in [0.4, 0.5) is 0 Å². The number of aromatic nitrogens is 2. The lowest BCUT2D eigenvalue weighted by Gasteiger charge is -2.61. The molecule has 1 aromatic heterocycles. The fraction of sp³-hybridized carbons (Fsp3) is 0.600. The highest BCUT2D eigenvalue weighted by molar-refractivity contribution is 9.10. The normalized spacial score (nSPS) is 32.5. The number of hydrogen-bond acceptors (Lipinski definition) is 3. The molecule has 0 radical (unpaired) electrons. The Morgan fingerprint density at radius 2 is 1.58 bits per heavy atom. The summed E-state index contributed by atoms with van der Waals surface area (Å²) in [5.74, 6) is 3.12. The molecule has 5 fully saturated rings. The van der Waals surface area contributed by atoms with Gasteiger partial charge in [-0.3, -0.25) is 14.4 Å². The van der Waals surface area contributed by atoms with E-state index in [2.05, 4.69) is 43.0 Å². The van der Waals surface area contributed by atoms with Gasteiger partial charge in [0, 0.05) is 43.5 Å². The van der Waals surface area contributed by atoms with Crippen LogP contribution in [0.5, 0.6) is 0 Å². The maximum atomic E-state index is 13.1. The molecule has 164 valence electrons.